The molecule has 2 aliphatic heterocycles. The number of rotatable bonds is 17. The third-order valence-corrected chi connectivity index (χ3v) is 10.7. The lowest BCUT2D eigenvalue weighted by Crippen LogP contribution is -2.48. The molecule has 0 radical (unpaired) electrons. The molecule has 2 fully saturated rings. The number of nitrogens with zero attached hydrogens (tertiary/aromatic N) is 4. The van der Waals surface area contributed by atoms with Crippen LogP contribution in [0.25, 0.3) is 0 Å². The third kappa shape index (κ3) is 12.9. The van der Waals surface area contributed by atoms with E-state index in [0.29, 0.717) is 59.7 Å². The molecule has 5 aromatic rings. The molecule has 0 bridgehead atoms. The Morgan fingerprint density at radius 3 is 1.90 bits per heavy atom. The van der Waals surface area contributed by atoms with Crippen molar-refractivity contribution in [1.82, 2.24) is 14.5 Å². The van der Waals surface area contributed by atoms with Crippen molar-refractivity contribution in [2.75, 3.05) is 57.5 Å². The summed E-state index contributed by atoms with van der Waals surface area (Å²) >= 11 is 12.7. The van der Waals surface area contributed by atoms with Gasteiger partial charge in [0.05, 0.1) is 37.7 Å². The van der Waals surface area contributed by atoms with Crippen LogP contribution in [-0.4, -0.2) is 90.7 Å². The number of nitrogens with one attached hydrogen (secondary N) is 2. The molecule has 6 N–H and O–H groups in total. The lowest BCUT2D eigenvalue weighted by Gasteiger charge is -2.35. The minimum absolute atomic E-state index is 0.0579. The van der Waals surface area contributed by atoms with Crippen LogP contribution in [0.1, 0.15) is 42.9 Å². The van der Waals surface area contributed by atoms with Gasteiger partial charge in [0.15, 0.2) is 0 Å². The van der Waals surface area contributed by atoms with E-state index in [1.165, 1.54) is 0 Å². The molecule has 61 heavy (non-hydrogen) atoms. The third-order valence-electron chi connectivity index (χ3n) is 10.2. The molecule has 0 saturated carbocycles. The number of unbranched alkanes of at least 4 members (excludes halogenated alkanes) is 2. The second-order valence-electron chi connectivity index (χ2n) is 14.6. The molecule has 0 unspecified atom stereocenters. The Kier molecular flexibility index (Phi) is 15.9. The van der Waals surface area contributed by atoms with Crippen LogP contribution in [0, 0.1) is 10.8 Å². The molecular formula is C45H52Cl2N8O6. The van der Waals surface area contributed by atoms with Gasteiger partial charge in [-0.25, -0.2) is 4.98 Å². The van der Waals surface area contributed by atoms with E-state index >= 15 is 0 Å². The molecular weight excluding hydrogens is 819 g/mol. The van der Waals surface area contributed by atoms with Crippen LogP contribution in [0.3, 0.4) is 0 Å². The molecule has 2 aliphatic rings. The minimum Gasteiger partial charge on any atom is -0.494 e. The zero-order valence-electron chi connectivity index (χ0n) is 34.1. The van der Waals surface area contributed by atoms with Crippen LogP contribution in [0.2, 0.25) is 10.0 Å². The molecule has 7 rings (SSSR count). The van der Waals surface area contributed by atoms with Gasteiger partial charge in [0.25, 0.3) is 0 Å². The molecule has 3 heterocycles. The lowest BCUT2D eigenvalue weighted by molar-refractivity contribution is -0.189. The molecule has 0 spiro atoms. The number of imidazole rings is 1. The van der Waals surface area contributed by atoms with Gasteiger partial charge in [-0.3, -0.25) is 15.6 Å². The lowest BCUT2D eigenvalue weighted by atomic mass is 10.1. The molecule has 1 amide bonds. The molecule has 4 aromatic carbocycles. The Morgan fingerprint density at radius 1 is 0.803 bits per heavy atom. The number of carbonyl (C=O) groups excluding carboxylic acids is 1. The fourth-order valence-electron chi connectivity index (χ4n) is 6.82. The van der Waals surface area contributed by atoms with Crippen LogP contribution in [0.15, 0.2) is 110 Å². The van der Waals surface area contributed by atoms with E-state index in [0.717, 1.165) is 68.4 Å². The highest BCUT2D eigenvalue weighted by molar-refractivity contribution is 6.35. The Morgan fingerprint density at radius 2 is 1.38 bits per heavy atom. The van der Waals surface area contributed by atoms with E-state index in [1.54, 1.807) is 55.8 Å². The van der Waals surface area contributed by atoms with Crippen molar-refractivity contribution >= 4 is 46.5 Å². The van der Waals surface area contributed by atoms with Crippen molar-refractivity contribution in [3.8, 4) is 17.2 Å². The standard InChI is InChI=1S/C26H28Cl2N4O4.C19H24N4O2/c1-19(33)31-10-12-32(13-11-31)21-3-5-22(6-4-21)34-15-23-16-35-26(36-23,17-30-9-8-29-18-30)24-7-2-20(27)14-25(24)28;20-18(21)14-4-8-16(9-5-14)24-12-2-1-3-13-25-17-10-6-15(7-11-17)19(22)23/h2-9,14,18,23H,10-13,15-17H2,1H3;4-11H,1-3,12-13H2,(H3,20,21)(H3,22,23)/t23-,26-;/m0./s1. The summed E-state index contributed by atoms with van der Waals surface area (Å²) < 4.78 is 31.9. The number of hydrogen-bond acceptors (Lipinski definition) is 10. The molecule has 322 valence electrons. The monoisotopic (exact) mass is 870 g/mol. The highest BCUT2D eigenvalue weighted by atomic mass is 35.5. The Hall–Kier alpha value is -5.80. The quantitative estimate of drug-likeness (QED) is 0.0427. The largest absolute Gasteiger partial charge is 0.494 e. The number of amides is 1. The summed E-state index contributed by atoms with van der Waals surface area (Å²) in [6, 6.07) is 27.7. The van der Waals surface area contributed by atoms with Gasteiger partial charge in [0.2, 0.25) is 11.7 Å². The average molecular weight is 872 g/mol. The summed E-state index contributed by atoms with van der Waals surface area (Å²) in [7, 11) is 0. The van der Waals surface area contributed by atoms with Gasteiger partial charge in [-0.05, 0) is 104 Å². The van der Waals surface area contributed by atoms with Crippen molar-refractivity contribution in [2.24, 2.45) is 11.5 Å². The number of amidine groups is 2. The normalized spacial score (nSPS) is 17.3. The second kappa shape index (κ2) is 21.6. The summed E-state index contributed by atoms with van der Waals surface area (Å²) in [6.07, 6.45) is 7.88. The highest BCUT2D eigenvalue weighted by Gasteiger charge is 2.45. The number of piperazine rings is 1. The van der Waals surface area contributed by atoms with Crippen LogP contribution < -0.4 is 30.6 Å². The highest BCUT2D eigenvalue weighted by Crippen LogP contribution is 2.40. The van der Waals surface area contributed by atoms with Crippen LogP contribution in [-0.2, 0) is 26.6 Å². The van der Waals surface area contributed by atoms with E-state index in [-0.39, 0.29) is 23.7 Å². The number of hydrogen-bond donors (Lipinski definition) is 4. The van der Waals surface area contributed by atoms with Crippen molar-refractivity contribution < 1.29 is 28.5 Å². The second-order valence-corrected chi connectivity index (χ2v) is 15.4. The first-order valence-electron chi connectivity index (χ1n) is 20.1. The number of halogens is 2. The first-order chi connectivity index (χ1) is 29.5. The fraction of sp³-hybridized carbons (Fsp3) is 0.333. The van der Waals surface area contributed by atoms with Crippen LogP contribution in [0.4, 0.5) is 5.69 Å². The summed E-state index contributed by atoms with van der Waals surface area (Å²) in [5.41, 5.74) is 14.0. The topological polar surface area (TPSA) is 187 Å². The van der Waals surface area contributed by atoms with Crippen LogP contribution in [0.5, 0.6) is 17.2 Å². The van der Waals surface area contributed by atoms with Gasteiger partial charge in [-0.15, -0.1) is 0 Å². The van der Waals surface area contributed by atoms with E-state index in [9.17, 15) is 4.79 Å². The summed E-state index contributed by atoms with van der Waals surface area (Å²) in [4.78, 5) is 19.8. The maximum absolute atomic E-state index is 11.6. The number of nitrogen functional groups attached to an aromatic ring is 2. The van der Waals surface area contributed by atoms with Gasteiger partial charge < -0.3 is 49.5 Å². The molecule has 2 atom stereocenters. The van der Waals surface area contributed by atoms with Crippen molar-refractivity contribution in [2.45, 2.75) is 44.6 Å². The summed E-state index contributed by atoms with van der Waals surface area (Å²) in [5.74, 6) is 1.48. The molecule has 0 aliphatic carbocycles. The average Bonchev–Trinajstić information content (AvgIpc) is 3.94. The zero-order valence-corrected chi connectivity index (χ0v) is 35.6. The van der Waals surface area contributed by atoms with Crippen molar-refractivity contribution in [3.63, 3.8) is 0 Å². The van der Waals surface area contributed by atoms with E-state index in [1.807, 2.05) is 70.3 Å². The van der Waals surface area contributed by atoms with Crippen molar-refractivity contribution in [1.29, 1.82) is 10.8 Å². The number of ether oxygens (including phenoxy) is 5. The SMILES string of the molecule is CC(=O)N1CCN(c2ccc(OC[C@H]3CO[C@](Cn4ccnc4)(c4ccc(Cl)cc4Cl)O3)cc2)CC1.N=C(N)c1ccc(OCCCCCOc2ccc(C(=N)N)cc2)cc1. The summed E-state index contributed by atoms with van der Waals surface area (Å²) in [6.45, 7) is 7.09. The number of aromatic nitrogens is 2. The van der Waals surface area contributed by atoms with Gasteiger partial charge >= 0.3 is 0 Å². The van der Waals surface area contributed by atoms with Gasteiger partial charge in [0, 0.05) is 72.9 Å². The number of anilines is 1. The van der Waals surface area contributed by atoms with Gasteiger partial charge in [0.1, 0.15) is 41.6 Å². The number of nitrogens with two attached hydrogens (primary N) is 2. The Labute approximate surface area is 366 Å². The molecule has 14 nitrogen and oxygen atoms in total. The van der Waals surface area contributed by atoms with Crippen LogP contribution >= 0.6 is 23.2 Å². The van der Waals surface area contributed by atoms with E-state index < -0.39 is 5.79 Å². The Balaban J connectivity index is 0.000000219. The van der Waals surface area contributed by atoms with Gasteiger partial charge in [-0.1, -0.05) is 29.3 Å². The van der Waals surface area contributed by atoms with Crippen molar-refractivity contribution in [3.05, 3.63) is 136 Å². The predicted molar refractivity (Wildman–Crippen MR) is 237 cm³/mol. The molecule has 2 saturated heterocycles. The maximum atomic E-state index is 11.6. The smallest absolute Gasteiger partial charge is 0.219 e. The minimum atomic E-state index is -1.08. The predicted octanol–water partition coefficient (Wildman–Crippen LogP) is 7.09. The molecule has 1 aromatic heterocycles. The van der Waals surface area contributed by atoms with E-state index in [2.05, 4.69) is 9.88 Å². The van der Waals surface area contributed by atoms with E-state index in [4.69, 9.17) is 69.2 Å². The van der Waals surface area contributed by atoms with Gasteiger partial charge in [-0.2, -0.15) is 0 Å². The summed E-state index contributed by atoms with van der Waals surface area (Å²) in [5, 5.41) is 15.7. The molecule has 16 heteroatoms. The number of carbonyl (C=O) groups is 1. The maximum Gasteiger partial charge on any atom is 0.219 e. The number of benzene rings is 4. The Bertz CT molecular complexity index is 2120. The zero-order chi connectivity index (χ0) is 43.2. The first-order valence-corrected chi connectivity index (χ1v) is 20.8. The fourth-order valence-corrected chi connectivity index (χ4v) is 7.37. The first kappa shape index (κ1) is 44.7.